The predicted octanol–water partition coefficient (Wildman–Crippen LogP) is 3.24. The molecule has 3 aromatic rings. The Hall–Kier alpha value is -2.67. The molecular weight excluding hydrogens is 378 g/mol. The molecule has 0 bridgehead atoms. The standard InChI is InChI=1S/C23H27N5O2/c29-23-19-15-28(17-5-6-17)24-20(19)9-12-27(23)14-13-26-10-7-16(8-11-26)22-18-3-1-2-4-21(18)30-25-22/h1-4,15-17H,5-14H2. The van der Waals surface area contributed by atoms with Crippen LogP contribution in [0.2, 0.25) is 0 Å². The van der Waals surface area contributed by atoms with Gasteiger partial charge in [-0.2, -0.15) is 5.10 Å². The lowest BCUT2D eigenvalue weighted by Crippen LogP contribution is -2.44. The van der Waals surface area contributed by atoms with Crippen LogP contribution in [0.1, 0.15) is 59.4 Å². The van der Waals surface area contributed by atoms with E-state index >= 15 is 0 Å². The number of hydrogen-bond acceptors (Lipinski definition) is 5. The third-order valence-electron chi connectivity index (χ3n) is 6.93. The number of carbonyl (C=O) groups excluding carboxylic acids is 1. The van der Waals surface area contributed by atoms with Crippen molar-refractivity contribution in [3.05, 3.63) is 47.4 Å². The largest absolute Gasteiger partial charge is 0.356 e. The van der Waals surface area contributed by atoms with Crippen molar-refractivity contribution < 1.29 is 9.32 Å². The molecule has 2 aliphatic heterocycles. The van der Waals surface area contributed by atoms with E-state index in [1.54, 1.807) is 0 Å². The van der Waals surface area contributed by atoms with Crippen LogP contribution in [0.3, 0.4) is 0 Å². The minimum atomic E-state index is 0.159. The Bertz CT molecular complexity index is 1070. The summed E-state index contributed by atoms with van der Waals surface area (Å²) in [6.07, 6.45) is 7.42. The molecule has 156 valence electrons. The van der Waals surface area contributed by atoms with E-state index in [1.165, 1.54) is 12.8 Å². The van der Waals surface area contributed by atoms with Crippen LogP contribution < -0.4 is 0 Å². The molecule has 3 aliphatic rings. The number of piperidine rings is 1. The van der Waals surface area contributed by atoms with Crippen molar-refractivity contribution in [2.24, 2.45) is 0 Å². The summed E-state index contributed by atoms with van der Waals surface area (Å²) in [5, 5.41) is 10.2. The van der Waals surface area contributed by atoms with Gasteiger partial charge >= 0.3 is 0 Å². The van der Waals surface area contributed by atoms with Crippen LogP contribution in [0.4, 0.5) is 0 Å². The van der Waals surface area contributed by atoms with Crippen molar-refractivity contribution >= 4 is 16.9 Å². The maximum Gasteiger partial charge on any atom is 0.257 e. The highest BCUT2D eigenvalue weighted by molar-refractivity contribution is 5.96. The first-order valence-corrected chi connectivity index (χ1v) is 11.2. The summed E-state index contributed by atoms with van der Waals surface area (Å²) in [6, 6.07) is 8.65. The summed E-state index contributed by atoms with van der Waals surface area (Å²) in [7, 11) is 0. The molecule has 2 aromatic heterocycles. The zero-order valence-corrected chi connectivity index (χ0v) is 17.2. The summed E-state index contributed by atoms with van der Waals surface area (Å²) >= 11 is 0. The summed E-state index contributed by atoms with van der Waals surface area (Å²) in [5.41, 5.74) is 3.80. The van der Waals surface area contributed by atoms with Crippen molar-refractivity contribution in [3.8, 4) is 0 Å². The van der Waals surface area contributed by atoms with Gasteiger partial charge < -0.3 is 14.3 Å². The van der Waals surface area contributed by atoms with E-state index in [2.05, 4.69) is 21.2 Å². The van der Waals surface area contributed by atoms with Gasteiger partial charge in [0.25, 0.3) is 5.91 Å². The quantitative estimate of drug-likeness (QED) is 0.652. The monoisotopic (exact) mass is 405 g/mol. The number of amides is 1. The van der Waals surface area contributed by atoms with Crippen molar-refractivity contribution in [2.45, 2.75) is 44.1 Å². The number of hydrogen-bond donors (Lipinski definition) is 0. The summed E-state index contributed by atoms with van der Waals surface area (Å²) < 4.78 is 7.52. The van der Waals surface area contributed by atoms with Gasteiger partial charge in [0, 0.05) is 43.6 Å². The third-order valence-corrected chi connectivity index (χ3v) is 6.93. The predicted molar refractivity (Wildman–Crippen MR) is 113 cm³/mol. The van der Waals surface area contributed by atoms with E-state index in [9.17, 15) is 4.79 Å². The van der Waals surface area contributed by atoms with Gasteiger partial charge in [-0.05, 0) is 50.9 Å². The van der Waals surface area contributed by atoms with E-state index in [0.717, 1.165) is 79.9 Å². The molecule has 1 saturated carbocycles. The van der Waals surface area contributed by atoms with Crippen molar-refractivity contribution in [1.29, 1.82) is 0 Å². The molecule has 1 aromatic carbocycles. The van der Waals surface area contributed by atoms with E-state index in [1.807, 2.05) is 34.0 Å². The minimum Gasteiger partial charge on any atom is -0.356 e. The van der Waals surface area contributed by atoms with Gasteiger partial charge in [0.1, 0.15) is 0 Å². The van der Waals surface area contributed by atoms with Crippen LogP contribution in [0, 0.1) is 0 Å². The fourth-order valence-electron chi connectivity index (χ4n) is 4.94. The van der Waals surface area contributed by atoms with E-state index in [4.69, 9.17) is 4.52 Å². The Kier molecular flexibility index (Phi) is 4.37. The van der Waals surface area contributed by atoms with Gasteiger partial charge in [0.05, 0.1) is 23.0 Å². The number of carbonyl (C=O) groups is 1. The molecule has 2 fully saturated rings. The third kappa shape index (κ3) is 3.21. The molecule has 7 heteroatoms. The van der Waals surface area contributed by atoms with Crippen LogP contribution >= 0.6 is 0 Å². The Morgan fingerprint density at radius 2 is 1.87 bits per heavy atom. The fourth-order valence-corrected chi connectivity index (χ4v) is 4.94. The first-order chi connectivity index (χ1) is 14.8. The van der Waals surface area contributed by atoms with Gasteiger partial charge in [0.2, 0.25) is 0 Å². The molecule has 0 radical (unpaired) electrons. The van der Waals surface area contributed by atoms with Crippen LogP contribution in [0.25, 0.3) is 11.0 Å². The Balaban J connectivity index is 1.05. The van der Waals surface area contributed by atoms with Crippen LogP contribution in [-0.4, -0.2) is 63.4 Å². The van der Waals surface area contributed by atoms with Crippen LogP contribution in [0.15, 0.2) is 35.0 Å². The molecule has 1 saturated heterocycles. The highest BCUT2D eigenvalue weighted by Gasteiger charge is 2.32. The molecule has 0 atom stereocenters. The highest BCUT2D eigenvalue weighted by atomic mass is 16.5. The minimum absolute atomic E-state index is 0.159. The molecular formula is C23H27N5O2. The zero-order valence-electron chi connectivity index (χ0n) is 17.2. The Morgan fingerprint density at radius 1 is 1.03 bits per heavy atom. The number of benzene rings is 1. The van der Waals surface area contributed by atoms with E-state index in [0.29, 0.717) is 12.0 Å². The first kappa shape index (κ1) is 18.1. The molecule has 1 amide bonds. The number of rotatable bonds is 5. The topological polar surface area (TPSA) is 67.4 Å². The van der Waals surface area contributed by atoms with E-state index in [-0.39, 0.29) is 5.91 Å². The summed E-state index contributed by atoms with van der Waals surface area (Å²) in [6.45, 7) is 4.60. The van der Waals surface area contributed by atoms with Crippen molar-refractivity contribution in [2.75, 3.05) is 32.7 Å². The lowest BCUT2D eigenvalue weighted by Gasteiger charge is -2.33. The second-order valence-electron chi connectivity index (χ2n) is 8.92. The van der Waals surface area contributed by atoms with Crippen LogP contribution in [0.5, 0.6) is 0 Å². The number of para-hydroxylation sites is 1. The molecule has 4 heterocycles. The van der Waals surface area contributed by atoms with Gasteiger partial charge in [0.15, 0.2) is 5.58 Å². The lowest BCUT2D eigenvalue weighted by atomic mass is 9.91. The van der Waals surface area contributed by atoms with Gasteiger partial charge in [-0.25, -0.2) is 0 Å². The Morgan fingerprint density at radius 3 is 2.70 bits per heavy atom. The molecule has 30 heavy (non-hydrogen) atoms. The SMILES string of the molecule is O=C1c2cn(C3CC3)nc2CCN1CCN1CCC(c2noc3ccccc23)CC1. The molecule has 7 nitrogen and oxygen atoms in total. The number of nitrogens with zero attached hydrogens (tertiary/aromatic N) is 5. The van der Waals surface area contributed by atoms with Gasteiger partial charge in [-0.15, -0.1) is 0 Å². The average Bonchev–Trinajstić information content (AvgIpc) is 3.39. The number of fused-ring (bicyclic) bond motifs is 2. The molecule has 0 spiro atoms. The number of aromatic nitrogens is 3. The maximum atomic E-state index is 12.9. The maximum absolute atomic E-state index is 12.9. The smallest absolute Gasteiger partial charge is 0.257 e. The van der Waals surface area contributed by atoms with Gasteiger partial charge in [-0.3, -0.25) is 9.48 Å². The molecule has 1 aliphatic carbocycles. The first-order valence-electron chi connectivity index (χ1n) is 11.2. The second-order valence-corrected chi connectivity index (χ2v) is 8.92. The highest BCUT2D eigenvalue weighted by Crippen LogP contribution is 2.35. The van der Waals surface area contributed by atoms with Gasteiger partial charge in [-0.1, -0.05) is 17.3 Å². The second kappa shape index (κ2) is 7.23. The molecule has 6 rings (SSSR count). The molecule has 0 N–H and O–H groups in total. The number of likely N-dealkylation sites (tertiary alicyclic amines) is 1. The van der Waals surface area contributed by atoms with Crippen molar-refractivity contribution in [3.63, 3.8) is 0 Å². The summed E-state index contributed by atoms with van der Waals surface area (Å²) in [4.78, 5) is 17.4. The van der Waals surface area contributed by atoms with E-state index < -0.39 is 0 Å². The van der Waals surface area contributed by atoms with Crippen molar-refractivity contribution in [1.82, 2.24) is 24.7 Å². The Labute approximate surface area is 175 Å². The van der Waals surface area contributed by atoms with Crippen LogP contribution in [-0.2, 0) is 6.42 Å². The average molecular weight is 406 g/mol. The normalized spacial score (nSPS) is 20.8. The fraction of sp³-hybridized carbons (Fsp3) is 0.522. The molecule has 0 unspecified atom stereocenters. The lowest BCUT2D eigenvalue weighted by molar-refractivity contribution is 0.0710. The zero-order chi connectivity index (χ0) is 20.1. The summed E-state index contributed by atoms with van der Waals surface area (Å²) in [5.74, 6) is 0.615.